The van der Waals surface area contributed by atoms with Crippen LogP contribution in [0.5, 0.6) is 0 Å². The van der Waals surface area contributed by atoms with Crippen LogP contribution in [0.3, 0.4) is 0 Å². The van der Waals surface area contributed by atoms with Crippen molar-refractivity contribution >= 4 is 28.7 Å². The second-order valence-electron chi connectivity index (χ2n) is 4.43. The molecule has 100 valence electrons. The highest BCUT2D eigenvalue weighted by atomic mass is 35.5. The molecule has 0 fully saturated rings. The molecule has 0 aliphatic rings. The number of hydrogen-bond donors (Lipinski definition) is 2. The zero-order valence-corrected chi connectivity index (χ0v) is 11.5. The van der Waals surface area contributed by atoms with E-state index in [9.17, 15) is 4.39 Å². The molecule has 0 radical (unpaired) electrons. The predicted molar refractivity (Wildman–Crippen MR) is 79.5 cm³/mol. The van der Waals surface area contributed by atoms with E-state index in [1.807, 2.05) is 24.3 Å². The fourth-order valence-corrected chi connectivity index (χ4v) is 2.04. The third-order valence-corrected chi connectivity index (χ3v) is 3.15. The van der Waals surface area contributed by atoms with Gasteiger partial charge >= 0.3 is 0 Å². The van der Waals surface area contributed by atoms with Gasteiger partial charge in [-0.05, 0) is 30.2 Å². The summed E-state index contributed by atoms with van der Waals surface area (Å²) in [5, 5.41) is 3.11. The van der Waals surface area contributed by atoms with E-state index in [4.69, 9.17) is 17.3 Å². The third kappa shape index (κ3) is 3.38. The highest BCUT2D eigenvalue weighted by molar-refractivity contribution is 6.31. The Kier molecular flexibility index (Phi) is 4.27. The molecular weight excluding hydrogens is 263 g/mol. The summed E-state index contributed by atoms with van der Waals surface area (Å²) in [6.45, 7) is 2.14. The van der Waals surface area contributed by atoms with Gasteiger partial charge in [0.1, 0.15) is 5.82 Å². The van der Waals surface area contributed by atoms with E-state index in [1.165, 1.54) is 17.7 Å². The Bertz CT molecular complexity index is 567. The van der Waals surface area contributed by atoms with Crippen molar-refractivity contribution in [1.29, 1.82) is 0 Å². The summed E-state index contributed by atoms with van der Waals surface area (Å²) < 4.78 is 13.4. The minimum Gasteiger partial charge on any atom is -0.397 e. The van der Waals surface area contributed by atoms with Crippen LogP contribution in [0.4, 0.5) is 21.5 Å². The predicted octanol–water partition coefficient (Wildman–Crippen LogP) is 4.76. The van der Waals surface area contributed by atoms with Crippen molar-refractivity contribution in [3.63, 3.8) is 0 Å². The minimum atomic E-state index is -0.485. The van der Waals surface area contributed by atoms with Gasteiger partial charge in [-0.3, -0.25) is 0 Å². The van der Waals surface area contributed by atoms with Crippen LogP contribution in [-0.2, 0) is 6.42 Å². The van der Waals surface area contributed by atoms with Gasteiger partial charge in [-0.15, -0.1) is 0 Å². The lowest BCUT2D eigenvalue weighted by molar-refractivity contribution is 0.629. The lowest BCUT2D eigenvalue weighted by atomic mass is 10.1. The van der Waals surface area contributed by atoms with E-state index in [1.54, 1.807) is 0 Å². The van der Waals surface area contributed by atoms with Crippen molar-refractivity contribution in [2.45, 2.75) is 19.8 Å². The molecule has 0 amide bonds. The molecule has 0 aliphatic carbocycles. The van der Waals surface area contributed by atoms with E-state index < -0.39 is 5.82 Å². The average Bonchev–Trinajstić information content (AvgIpc) is 2.38. The van der Waals surface area contributed by atoms with Gasteiger partial charge in [0.2, 0.25) is 0 Å². The SMILES string of the molecule is CCCc1ccc(Nc2cc(F)c(Cl)cc2N)cc1. The standard InChI is InChI=1S/C15H16ClFN2/c1-2-3-10-4-6-11(7-5-10)19-15-9-13(17)12(16)8-14(15)18/h4-9,19H,2-3,18H2,1H3. The van der Waals surface area contributed by atoms with Crippen molar-refractivity contribution in [2.75, 3.05) is 11.1 Å². The summed E-state index contributed by atoms with van der Waals surface area (Å²) in [6, 6.07) is 10.7. The number of halogens is 2. The smallest absolute Gasteiger partial charge is 0.144 e. The fraction of sp³-hybridized carbons (Fsp3) is 0.200. The van der Waals surface area contributed by atoms with Crippen LogP contribution in [0, 0.1) is 5.82 Å². The van der Waals surface area contributed by atoms with Gasteiger partial charge in [0, 0.05) is 11.8 Å². The lowest BCUT2D eigenvalue weighted by Crippen LogP contribution is -1.98. The molecule has 2 rings (SSSR count). The maximum atomic E-state index is 13.4. The van der Waals surface area contributed by atoms with Crippen molar-refractivity contribution < 1.29 is 4.39 Å². The molecule has 0 aliphatic heterocycles. The Morgan fingerprint density at radius 3 is 2.53 bits per heavy atom. The van der Waals surface area contributed by atoms with Gasteiger partial charge in [-0.25, -0.2) is 4.39 Å². The highest BCUT2D eigenvalue weighted by Crippen LogP contribution is 2.28. The van der Waals surface area contributed by atoms with E-state index in [2.05, 4.69) is 12.2 Å². The highest BCUT2D eigenvalue weighted by Gasteiger charge is 2.06. The van der Waals surface area contributed by atoms with Crippen LogP contribution in [0.2, 0.25) is 5.02 Å². The summed E-state index contributed by atoms with van der Waals surface area (Å²) >= 11 is 5.66. The molecule has 19 heavy (non-hydrogen) atoms. The van der Waals surface area contributed by atoms with Gasteiger partial charge in [0.15, 0.2) is 0 Å². The van der Waals surface area contributed by atoms with Crippen LogP contribution >= 0.6 is 11.6 Å². The van der Waals surface area contributed by atoms with E-state index in [-0.39, 0.29) is 5.02 Å². The largest absolute Gasteiger partial charge is 0.397 e. The number of nitrogens with two attached hydrogens (primary N) is 1. The quantitative estimate of drug-likeness (QED) is 0.792. The first-order valence-electron chi connectivity index (χ1n) is 6.20. The maximum absolute atomic E-state index is 13.4. The number of hydrogen-bond acceptors (Lipinski definition) is 2. The number of nitrogen functional groups attached to an aromatic ring is 1. The third-order valence-electron chi connectivity index (χ3n) is 2.86. The molecule has 0 heterocycles. The van der Waals surface area contributed by atoms with Crippen molar-refractivity contribution in [1.82, 2.24) is 0 Å². The first-order chi connectivity index (χ1) is 9.10. The first-order valence-corrected chi connectivity index (χ1v) is 6.58. The van der Waals surface area contributed by atoms with Crippen molar-refractivity contribution in [3.05, 3.63) is 52.8 Å². The van der Waals surface area contributed by atoms with Crippen molar-refractivity contribution in [3.8, 4) is 0 Å². The molecule has 0 spiro atoms. The van der Waals surface area contributed by atoms with Crippen LogP contribution in [0.15, 0.2) is 36.4 Å². The molecule has 0 saturated carbocycles. The number of anilines is 3. The molecule has 2 aromatic rings. The topological polar surface area (TPSA) is 38.0 Å². The number of aryl methyl sites for hydroxylation is 1. The van der Waals surface area contributed by atoms with Crippen LogP contribution < -0.4 is 11.1 Å². The fourth-order valence-electron chi connectivity index (χ4n) is 1.87. The molecule has 2 aromatic carbocycles. The number of nitrogens with one attached hydrogen (secondary N) is 1. The monoisotopic (exact) mass is 278 g/mol. The summed E-state index contributed by atoms with van der Waals surface area (Å²) in [6.07, 6.45) is 2.17. The Morgan fingerprint density at radius 1 is 1.21 bits per heavy atom. The van der Waals surface area contributed by atoms with Crippen molar-refractivity contribution in [2.24, 2.45) is 0 Å². The Labute approximate surface area is 117 Å². The molecule has 0 unspecified atom stereocenters. The Hall–Kier alpha value is -1.74. The van der Waals surface area contributed by atoms with Crippen LogP contribution in [-0.4, -0.2) is 0 Å². The lowest BCUT2D eigenvalue weighted by Gasteiger charge is -2.11. The van der Waals surface area contributed by atoms with Gasteiger partial charge in [0.05, 0.1) is 16.4 Å². The van der Waals surface area contributed by atoms with Gasteiger partial charge in [-0.1, -0.05) is 37.1 Å². The molecule has 0 aromatic heterocycles. The molecule has 0 bridgehead atoms. The summed E-state index contributed by atoms with van der Waals surface area (Å²) in [5.74, 6) is -0.485. The van der Waals surface area contributed by atoms with E-state index in [0.717, 1.165) is 18.5 Å². The minimum absolute atomic E-state index is 0.0290. The normalized spacial score (nSPS) is 10.5. The van der Waals surface area contributed by atoms with Crippen LogP contribution in [0.1, 0.15) is 18.9 Å². The molecule has 2 nitrogen and oxygen atoms in total. The zero-order valence-electron chi connectivity index (χ0n) is 10.7. The molecule has 0 saturated heterocycles. The Balaban J connectivity index is 2.19. The van der Waals surface area contributed by atoms with Gasteiger partial charge in [0.25, 0.3) is 0 Å². The first kappa shape index (κ1) is 13.7. The average molecular weight is 279 g/mol. The molecule has 4 heteroatoms. The maximum Gasteiger partial charge on any atom is 0.144 e. The summed E-state index contributed by atoms with van der Waals surface area (Å²) in [5.41, 5.74) is 8.89. The number of rotatable bonds is 4. The summed E-state index contributed by atoms with van der Waals surface area (Å²) in [4.78, 5) is 0. The Morgan fingerprint density at radius 2 is 1.89 bits per heavy atom. The molecule has 3 N–H and O–H groups in total. The second-order valence-corrected chi connectivity index (χ2v) is 4.83. The van der Waals surface area contributed by atoms with Gasteiger partial charge in [-0.2, -0.15) is 0 Å². The van der Waals surface area contributed by atoms with Gasteiger partial charge < -0.3 is 11.1 Å². The zero-order chi connectivity index (χ0) is 13.8. The van der Waals surface area contributed by atoms with E-state index >= 15 is 0 Å². The summed E-state index contributed by atoms with van der Waals surface area (Å²) in [7, 11) is 0. The van der Waals surface area contributed by atoms with E-state index in [0.29, 0.717) is 11.4 Å². The van der Waals surface area contributed by atoms with Crippen LogP contribution in [0.25, 0.3) is 0 Å². The second kappa shape index (κ2) is 5.93. The molecule has 0 atom stereocenters. The molecular formula is C15H16ClFN2. The number of benzene rings is 2.